The second-order valence-electron chi connectivity index (χ2n) is 24.0. The Morgan fingerprint density at radius 2 is 0.719 bits per heavy atom. The summed E-state index contributed by atoms with van der Waals surface area (Å²) in [6.45, 7) is 0. The molecule has 19 rings (SSSR count). The van der Waals surface area contributed by atoms with Crippen LogP contribution in [0, 0.1) is 0 Å². The Balaban J connectivity index is 0.837. The molecular formula is C85H57N3Si. The quantitative estimate of drug-likeness (QED) is 0.0988. The van der Waals surface area contributed by atoms with Crippen molar-refractivity contribution in [1.29, 1.82) is 0 Å². The van der Waals surface area contributed by atoms with E-state index in [4.69, 9.17) is 4.98 Å². The van der Waals surface area contributed by atoms with Gasteiger partial charge < -0.3 is 4.57 Å². The lowest BCUT2D eigenvalue weighted by Gasteiger charge is -2.47. The minimum absolute atomic E-state index is 0.0311. The maximum absolute atomic E-state index is 5.69. The molecule has 0 radical (unpaired) electrons. The van der Waals surface area contributed by atoms with Crippen molar-refractivity contribution in [2.45, 2.75) is 11.8 Å². The van der Waals surface area contributed by atoms with Gasteiger partial charge in [0.25, 0.3) is 0 Å². The van der Waals surface area contributed by atoms with Crippen LogP contribution in [0.3, 0.4) is 0 Å². The highest BCUT2D eigenvalue weighted by Crippen LogP contribution is 2.58. The summed E-state index contributed by atoms with van der Waals surface area (Å²) in [6.07, 6.45) is 0. The molecule has 3 aliphatic rings. The third-order valence-electron chi connectivity index (χ3n) is 19.4. The standard InChI is InChI=1S/C85H57N3Si/c1-4-24-56(25-5-1)57-48-50-65(51-49-57)89(63-30-6-2-7-31-63,64-32-8-3-9-33-64)80-47-23-42-74-82-71-38-10-11-39-72(71)85(84(74)80)83-66(40-22-41-73(82)83)59-27-20-26-58(52-59)61-54-75(86-81(55-61)88-78-45-18-14-36-69(78)70-37-15-19-46-79(70)88)60-28-21-29-62(53-60)87-76-43-16-12-34-67(76)68-35-13-17-44-77(68)87/h1-55,82,85H. The van der Waals surface area contributed by atoms with E-state index in [0.717, 1.165) is 44.9 Å². The number of aromatic nitrogens is 3. The van der Waals surface area contributed by atoms with E-state index in [2.05, 4.69) is 343 Å². The minimum atomic E-state index is -3.08. The number of benzene rings is 13. The first-order chi connectivity index (χ1) is 44.2. The lowest BCUT2D eigenvalue weighted by molar-refractivity contribution is 0.760. The molecule has 0 N–H and O–H groups in total. The predicted molar refractivity (Wildman–Crippen MR) is 373 cm³/mol. The fourth-order valence-electron chi connectivity index (χ4n) is 15.8. The van der Waals surface area contributed by atoms with Crippen molar-refractivity contribution in [3.05, 3.63) is 367 Å². The van der Waals surface area contributed by atoms with Crippen LogP contribution in [0.5, 0.6) is 0 Å². The molecule has 13 aromatic carbocycles. The smallest absolute Gasteiger partial charge is 0.179 e. The van der Waals surface area contributed by atoms with Gasteiger partial charge in [0.2, 0.25) is 0 Å². The van der Waals surface area contributed by atoms with Crippen molar-refractivity contribution in [2.24, 2.45) is 0 Å². The molecule has 0 saturated heterocycles. The third-order valence-corrected chi connectivity index (χ3v) is 24.3. The fraction of sp³-hybridized carbons (Fsp3) is 0.0235. The number of para-hydroxylation sites is 4. The molecule has 4 heteroatoms. The first-order valence-electron chi connectivity index (χ1n) is 31.0. The Morgan fingerprint density at radius 3 is 1.35 bits per heavy atom. The number of pyridine rings is 1. The highest BCUT2D eigenvalue weighted by atomic mass is 28.3. The second kappa shape index (κ2) is 20.5. The first kappa shape index (κ1) is 51.1. The van der Waals surface area contributed by atoms with E-state index in [1.54, 1.807) is 0 Å². The van der Waals surface area contributed by atoms with E-state index in [9.17, 15) is 0 Å². The third kappa shape index (κ3) is 7.87. The van der Waals surface area contributed by atoms with Crippen LogP contribution in [0.25, 0.3) is 99.8 Å². The highest BCUT2D eigenvalue weighted by molar-refractivity contribution is 7.20. The van der Waals surface area contributed by atoms with E-state index in [0.29, 0.717) is 0 Å². The van der Waals surface area contributed by atoms with Crippen LogP contribution in [0.4, 0.5) is 0 Å². The van der Waals surface area contributed by atoms with E-state index in [1.165, 1.54) is 109 Å². The number of rotatable bonds is 10. The number of hydrogen-bond acceptors (Lipinski definition) is 1. The molecule has 0 spiro atoms. The molecule has 89 heavy (non-hydrogen) atoms. The van der Waals surface area contributed by atoms with Gasteiger partial charge in [-0.15, -0.1) is 0 Å². The van der Waals surface area contributed by atoms with Gasteiger partial charge >= 0.3 is 0 Å². The molecule has 2 bridgehead atoms. The van der Waals surface area contributed by atoms with Crippen molar-refractivity contribution in [3.8, 4) is 56.1 Å². The Morgan fingerprint density at radius 1 is 0.270 bits per heavy atom. The van der Waals surface area contributed by atoms with Crippen LogP contribution in [0.15, 0.2) is 334 Å². The lowest BCUT2D eigenvalue weighted by Crippen LogP contribution is -2.75. The first-order valence-corrected chi connectivity index (χ1v) is 33.0. The molecule has 3 nitrogen and oxygen atoms in total. The fourth-order valence-corrected chi connectivity index (χ4v) is 20.8. The molecule has 2 atom stereocenters. The molecule has 0 fully saturated rings. The van der Waals surface area contributed by atoms with E-state index >= 15 is 0 Å². The van der Waals surface area contributed by atoms with Crippen molar-refractivity contribution in [3.63, 3.8) is 0 Å². The average Bonchev–Trinajstić information content (AvgIpc) is 1.41. The van der Waals surface area contributed by atoms with Crippen LogP contribution in [-0.4, -0.2) is 22.2 Å². The van der Waals surface area contributed by atoms with Crippen molar-refractivity contribution >= 4 is 72.4 Å². The van der Waals surface area contributed by atoms with Crippen molar-refractivity contribution in [1.82, 2.24) is 14.1 Å². The van der Waals surface area contributed by atoms with Gasteiger partial charge in [-0.2, -0.15) is 0 Å². The highest BCUT2D eigenvalue weighted by Gasteiger charge is 2.50. The summed E-state index contributed by atoms with van der Waals surface area (Å²) in [5, 5.41) is 10.4. The Bertz CT molecular complexity index is 5300. The zero-order chi connectivity index (χ0) is 58.6. The molecule has 16 aromatic rings. The molecule has 0 saturated carbocycles. The molecule has 416 valence electrons. The zero-order valence-electron chi connectivity index (χ0n) is 48.8. The predicted octanol–water partition coefficient (Wildman–Crippen LogP) is 18.3. The molecule has 0 aliphatic heterocycles. The van der Waals surface area contributed by atoms with Gasteiger partial charge in [-0.25, -0.2) is 4.98 Å². The van der Waals surface area contributed by atoms with Gasteiger partial charge in [0.1, 0.15) is 5.82 Å². The largest absolute Gasteiger partial charge is 0.309 e. The van der Waals surface area contributed by atoms with E-state index < -0.39 is 8.07 Å². The van der Waals surface area contributed by atoms with E-state index in [1.807, 2.05) is 0 Å². The second-order valence-corrected chi connectivity index (χ2v) is 27.8. The molecule has 3 aromatic heterocycles. The minimum Gasteiger partial charge on any atom is -0.309 e. The van der Waals surface area contributed by atoms with Crippen LogP contribution in [0.2, 0.25) is 0 Å². The van der Waals surface area contributed by atoms with Gasteiger partial charge in [0, 0.05) is 44.6 Å². The Kier molecular flexibility index (Phi) is 11.8. The monoisotopic (exact) mass is 1150 g/mol. The van der Waals surface area contributed by atoms with E-state index in [-0.39, 0.29) is 11.8 Å². The lowest BCUT2D eigenvalue weighted by atomic mass is 9.60. The summed E-state index contributed by atoms with van der Waals surface area (Å²) in [6, 6.07) is 125. The molecule has 3 aliphatic carbocycles. The van der Waals surface area contributed by atoms with Gasteiger partial charge in [-0.1, -0.05) is 279 Å². The summed E-state index contributed by atoms with van der Waals surface area (Å²) in [4.78, 5) is 5.69. The number of hydrogen-bond donors (Lipinski definition) is 0. The SMILES string of the molecule is c1ccc(-c2ccc([Si](c3ccccc3)(c3ccccc3)c3cccc4c3C3c5ccccc5C4c4cccc(-c5cccc(-c6cc(-c7cccc(-n8c9ccccc9c9ccccc98)c7)nc(-n7c8ccccc8c8ccccc87)c6)c5)c43)cc2)cc1. The Labute approximate surface area is 518 Å². The van der Waals surface area contributed by atoms with Crippen LogP contribution in [-0.2, 0) is 0 Å². The summed E-state index contributed by atoms with van der Waals surface area (Å²) in [7, 11) is -3.08. The van der Waals surface area contributed by atoms with Gasteiger partial charge in [0.15, 0.2) is 8.07 Å². The average molecular weight is 1150 g/mol. The molecular weight excluding hydrogens is 1090 g/mol. The van der Waals surface area contributed by atoms with Crippen molar-refractivity contribution < 1.29 is 0 Å². The molecule has 3 heterocycles. The van der Waals surface area contributed by atoms with Gasteiger partial charge in [0.05, 0.1) is 27.8 Å². The summed E-state index contributed by atoms with van der Waals surface area (Å²) in [5.74, 6) is 0.895. The maximum Gasteiger partial charge on any atom is 0.179 e. The number of nitrogens with zero attached hydrogens (tertiary/aromatic N) is 3. The summed E-state index contributed by atoms with van der Waals surface area (Å²) >= 11 is 0. The van der Waals surface area contributed by atoms with Crippen LogP contribution < -0.4 is 20.7 Å². The van der Waals surface area contributed by atoms with Gasteiger partial charge in [-0.05, 0) is 142 Å². The summed E-state index contributed by atoms with van der Waals surface area (Å²) < 4.78 is 4.76. The normalized spacial score (nSPS) is 14.1. The maximum atomic E-state index is 5.69. The van der Waals surface area contributed by atoms with Crippen LogP contribution in [0.1, 0.15) is 45.2 Å². The number of fused-ring (bicyclic) bond motifs is 6. The van der Waals surface area contributed by atoms with Crippen LogP contribution >= 0.6 is 0 Å². The molecule has 2 unspecified atom stereocenters. The molecule has 0 amide bonds. The zero-order valence-corrected chi connectivity index (χ0v) is 49.8. The summed E-state index contributed by atoms with van der Waals surface area (Å²) in [5.41, 5.74) is 23.2. The van der Waals surface area contributed by atoms with Crippen molar-refractivity contribution in [2.75, 3.05) is 0 Å². The Hall–Kier alpha value is -11.2. The van der Waals surface area contributed by atoms with Gasteiger partial charge in [-0.3, -0.25) is 4.57 Å². The topological polar surface area (TPSA) is 22.8 Å².